The third-order valence-corrected chi connectivity index (χ3v) is 8.72. The monoisotopic (exact) mass is 322 g/mol. The fourth-order valence-electron chi connectivity index (χ4n) is 2.97. The Morgan fingerprint density at radius 3 is 1.91 bits per heavy atom. The molecule has 0 radical (unpaired) electrons. The van der Waals surface area contributed by atoms with Gasteiger partial charge in [0.25, 0.3) is 0 Å². The van der Waals surface area contributed by atoms with E-state index in [4.69, 9.17) is 9.15 Å². The molecule has 4 heteroatoms. The molecule has 2 aromatic carbocycles. The fraction of sp³-hybridized carbons (Fsp3) is 0.105. The quantitative estimate of drug-likeness (QED) is 0.546. The van der Waals surface area contributed by atoms with E-state index in [2.05, 4.69) is 30.8 Å². The second-order valence-electron chi connectivity index (χ2n) is 5.51. The van der Waals surface area contributed by atoms with E-state index in [9.17, 15) is 4.79 Å². The lowest BCUT2D eigenvalue weighted by Gasteiger charge is -2.28. The van der Waals surface area contributed by atoms with Crippen molar-refractivity contribution in [2.45, 2.75) is 6.55 Å². The molecule has 0 saturated carbocycles. The molecule has 3 rings (SSSR count). The summed E-state index contributed by atoms with van der Waals surface area (Å²) in [5, 5.41) is 3.37. The Morgan fingerprint density at radius 2 is 1.43 bits per heavy atom. The number of furan rings is 1. The summed E-state index contributed by atoms with van der Waals surface area (Å²) in [6, 6.07) is 22.5. The van der Waals surface area contributed by atoms with Gasteiger partial charge in [-0.1, -0.05) is 67.2 Å². The molecule has 0 amide bonds. The molecule has 0 atom stereocenters. The lowest BCUT2D eigenvalue weighted by Crippen LogP contribution is -2.65. The SMILES string of the molecule is COC(=O)c1occc1[Si](C)(c1ccccc1)c1ccccc1. The van der Waals surface area contributed by atoms with Crippen LogP contribution in [-0.4, -0.2) is 21.2 Å². The van der Waals surface area contributed by atoms with Crippen molar-refractivity contribution >= 4 is 29.6 Å². The van der Waals surface area contributed by atoms with Crippen LogP contribution in [-0.2, 0) is 4.74 Å². The van der Waals surface area contributed by atoms with E-state index in [1.165, 1.54) is 17.5 Å². The molecule has 0 spiro atoms. The Labute approximate surface area is 136 Å². The minimum atomic E-state index is -2.34. The van der Waals surface area contributed by atoms with E-state index in [0.717, 1.165) is 5.19 Å². The van der Waals surface area contributed by atoms with Crippen molar-refractivity contribution in [2.24, 2.45) is 0 Å². The van der Waals surface area contributed by atoms with Gasteiger partial charge in [-0.25, -0.2) is 4.79 Å². The molecule has 0 saturated heterocycles. The number of hydrogen-bond donors (Lipinski definition) is 0. The van der Waals surface area contributed by atoms with Gasteiger partial charge in [0.1, 0.15) is 0 Å². The van der Waals surface area contributed by atoms with Gasteiger partial charge in [0.05, 0.1) is 13.4 Å². The van der Waals surface area contributed by atoms with Crippen LogP contribution in [0.1, 0.15) is 10.6 Å². The van der Waals surface area contributed by atoms with Gasteiger partial charge >= 0.3 is 5.97 Å². The highest BCUT2D eigenvalue weighted by molar-refractivity contribution is 7.11. The van der Waals surface area contributed by atoms with Crippen LogP contribution in [0.3, 0.4) is 0 Å². The van der Waals surface area contributed by atoms with Crippen molar-refractivity contribution in [3.05, 3.63) is 78.8 Å². The molecule has 3 nitrogen and oxygen atoms in total. The smallest absolute Gasteiger partial charge is 0.373 e. The lowest BCUT2D eigenvalue weighted by atomic mass is 10.4. The summed E-state index contributed by atoms with van der Waals surface area (Å²) in [6.45, 7) is 2.23. The van der Waals surface area contributed by atoms with Crippen LogP contribution in [0.4, 0.5) is 0 Å². The average molecular weight is 322 g/mol. The Bertz CT molecular complexity index is 754. The second kappa shape index (κ2) is 6.26. The molecule has 0 fully saturated rings. The zero-order valence-corrected chi connectivity index (χ0v) is 14.2. The summed E-state index contributed by atoms with van der Waals surface area (Å²) < 4.78 is 10.4. The summed E-state index contributed by atoms with van der Waals surface area (Å²) in [6.07, 6.45) is 1.57. The Hall–Kier alpha value is -2.59. The Morgan fingerprint density at radius 1 is 0.913 bits per heavy atom. The summed E-state index contributed by atoms with van der Waals surface area (Å²) >= 11 is 0. The highest BCUT2D eigenvalue weighted by atomic mass is 28.3. The number of rotatable bonds is 4. The van der Waals surface area contributed by atoms with Gasteiger partial charge in [-0.05, 0) is 16.4 Å². The van der Waals surface area contributed by atoms with Gasteiger partial charge in [0.2, 0.25) is 5.76 Å². The standard InChI is InChI=1S/C19H18O3Si/c1-21-19(20)18-17(13-14-22-18)23(2,15-9-5-3-6-10-15)16-11-7-4-8-12-16/h3-14H,1-2H3. The summed E-state index contributed by atoms with van der Waals surface area (Å²) in [5.41, 5.74) is 0. The number of ether oxygens (including phenoxy) is 1. The van der Waals surface area contributed by atoms with E-state index in [1.54, 1.807) is 6.26 Å². The fourth-order valence-corrected chi connectivity index (χ4v) is 6.66. The lowest BCUT2D eigenvalue weighted by molar-refractivity contribution is 0.0567. The molecule has 116 valence electrons. The van der Waals surface area contributed by atoms with E-state index >= 15 is 0 Å². The molecule has 1 heterocycles. The van der Waals surface area contributed by atoms with Crippen molar-refractivity contribution in [1.29, 1.82) is 0 Å². The maximum atomic E-state index is 12.1. The van der Waals surface area contributed by atoms with Crippen LogP contribution >= 0.6 is 0 Å². The van der Waals surface area contributed by atoms with Crippen molar-refractivity contribution < 1.29 is 13.9 Å². The molecule has 0 aliphatic heterocycles. The first-order valence-electron chi connectivity index (χ1n) is 7.45. The first-order chi connectivity index (χ1) is 11.2. The molecule has 0 aliphatic rings. The molecule has 1 aromatic heterocycles. The molecule has 23 heavy (non-hydrogen) atoms. The van der Waals surface area contributed by atoms with Crippen LogP contribution in [0.25, 0.3) is 0 Å². The number of carbonyl (C=O) groups excluding carboxylic acids is 1. The third kappa shape index (κ3) is 2.62. The number of methoxy groups -OCH3 is 1. The van der Waals surface area contributed by atoms with Crippen LogP contribution < -0.4 is 15.6 Å². The van der Waals surface area contributed by atoms with Crippen molar-refractivity contribution in [2.75, 3.05) is 7.11 Å². The maximum absolute atomic E-state index is 12.1. The topological polar surface area (TPSA) is 39.4 Å². The molecule has 0 N–H and O–H groups in total. The van der Waals surface area contributed by atoms with Gasteiger partial charge in [0, 0.05) is 5.19 Å². The van der Waals surface area contributed by atoms with Crippen LogP contribution in [0, 0.1) is 0 Å². The summed E-state index contributed by atoms with van der Waals surface area (Å²) in [4.78, 5) is 12.1. The highest BCUT2D eigenvalue weighted by Crippen LogP contribution is 2.12. The average Bonchev–Trinajstić information content (AvgIpc) is 3.12. The number of benzene rings is 2. The zero-order valence-electron chi connectivity index (χ0n) is 13.2. The van der Waals surface area contributed by atoms with E-state index in [1.807, 2.05) is 42.5 Å². The number of esters is 1. The Balaban J connectivity index is 2.26. The highest BCUT2D eigenvalue weighted by Gasteiger charge is 2.39. The van der Waals surface area contributed by atoms with Gasteiger partial charge in [-0.3, -0.25) is 0 Å². The zero-order chi connectivity index (χ0) is 16.3. The summed E-state index contributed by atoms with van der Waals surface area (Å²) in [7, 11) is -0.970. The van der Waals surface area contributed by atoms with Crippen LogP contribution in [0.5, 0.6) is 0 Å². The van der Waals surface area contributed by atoms with E-state index in [-0.39, 0.29) is 0 Å². The number of carbonyl (C=O) groups is 1. The first kappa shape index (κ1) is 15.3. The predicted molar refractivity (Wildman–Crippen MR) is 93.5 cm³/mol. The minimum absolute atomic E-state index is 0.300. The molecular weight excluding hydrogens is 304 g/mol. The third-order valence-electron chi connectivity index (χ3n) is 4.28. The maximum Gasteiger partial charge on any atom is 0.373 e. The predicted octanol–water partition coefficient (Wildman–Crippen LogP) is 2.17. The van der Waals surface area contributed by atoms with Crippen molar-refractivity contribution in [3.8, 4) is 0 Å². The molecule has 3 aromatic rings. The normalized spacial score (nSPS) is 11.2. The van der Waals surface area contributed by atoms with E-state index in [0.29, 0.717) is 5.76 Å². The van der Waals surface area contributed by atoms with Crippen molar-refractivity contribution in [3.63, 3.8) is 0 Å². The molecule has 0 aliphatic carbocycles. The van der Waals surface area contributed by atoms with Gasteiger partial charge in [-0.2, -0.15) is 0 Å². The minimum Gasteiger partial charge on any atom is -0.463 e. The number of hydrogen-bond acceptors (Lipinski definition) is 3. The van der Waals surface area contributed by atoms with E-state index < -0.39 is 14.0 Å². The van der Waals surface area contributed by atoms with Gasteiger partial charge in [-0.15, -0.1) is 0 Å². The largest absolute Gasteiger partial charge is 0.463 e. The van der Waals surface area contributed by atoms with Crippen molar-refractivity contribution in [1.82, 2.24) is 0 Å². The summed E-state index contributed by atoms with van der Waals surface area (Å²) in [5.74, 6) is -0.134. The molecular formula is C19H18O3Si. The van der Waals surface area contributed by atoms with Crippen LogP contribution in [0.2, 0.25) is 6.55 Å². The molecule has 0 unspecified atom stereocenters. The van der Waals surface area contributed by atoms with Gasteiger partial charge in [0.15, 0.2) is 8.07 Å². The first-order valence-corrected chi connectivity index (χ1v) is 9.95. The Kier molecular flexibility index (Phi) is 4.17. The second-order valence-corrected chi connectivity index (χ2v) is 9.46. The molecule has 0 bridgehead atoms. The van der Waals surface area contributed by atoms with Crippen LogP contribution in [0.15, 0.2) is 77.4 Å². The van der Waals surface area contributed by atoms with Gasteiger partial charge < -0.3 is 9.15 Å².